The molecule has 0 fully saturated rings. The van der Waals surface area contributed by atoms with Crippen molar-refractivity contribution < 1.29 is 31.9 Å². The zero-order valence-electron chi connectivity index (χ0n) is 20.1. The van der Waals surface area contributed by atoms with E-state index in [1.54, 1.807) is 45.0 Å². The summed E-state index contributed by atoms with van der Waals surface area (Å²) in [6.45, 7) is 8.72. The molecule has 0 radical (unpaired) electrons. The predicted molar refractivity (Wildman–Crippen MR) is 133 cm³/mol. The van der Waals surface area contributed by atoms with Crippen LogP contribution in [0.15, 0.2) is 45.8 Å². The average molecular weight is 571 g/mol. The lowest BCUT2D eigenvalue weighted by atomic mass is 10.1. The molecule has 1 aliphatic heterocycles. The monoisotopic (exact) mass is 570 g/mol. The van der Waals surface area contributed by atoms with Gasteiger partial charge in [0.2, 0.25) is 0 Å². The van der Waals surface area contributed by atoms with Gasteiger partial charge in [-0.25, -0.2) is 17.6 Å². The number of alkyl carbamates (subject to hydrolysis) is 1. The Morgan fingerprint density at radius 2 is 1.86 bits per heavy atom. The molecule has 0 aromatic heterocycles. The Kier molecular flexibility index (Phi) is 7.80. The van der Waals surface area contributed by atoms with Gasteiger partial charge < -0.3 is 19.7 Å². The summed E-state index contributed by atoms with van der Waals surface area (Å²) < 4.78 is 51.5. The lowest BCUT2D eigenvalue weighted by molar-refractivity contribution is -0.120. The highest BCUT2D eigenvalue weighted by molar-refractivity contribution is 9.10. The number of rotatable bonds is 5. The third-order valence-corrected chi connectivity index (χ3v) is 7.28. The quantitative estimate of drug-likeness (QED) is 0.564. The van der Waals surface area contributed by atoms with E-state index < -0.39 is 45.1 Å². The first-order chi connectivity index (χ1) is 16.2. The molecule has 0 aliphatic carbocycles. The molecule has 0 unspecified atom stereocenters. The summed E-state index contributed by atoms with van der Waals surface area (Å²) in [5.41, 5.74) is -0.164. The fourth-order valence-corrected chi connectivity index (χ4v) is 5.46. The highest BCUT2D eigenvalue weighted by atomic mass is 79.9. The van der Waals surface area contributed by atoms with Crippen LogP contribution in [0, 0.1) is 5.82 Å². The van der Waals surface area contributed by atoms with Gasteiger partial charge in [0.05, 0.1) is 33.5 Å². The predicted octanol–water partition coefficient (Wildman–Crippen LogP) is 4.59. The van der Waals surface area contributed by atoms with E-state index in [1.165, 1.54) is 11.0 Å². The number of anilines is 1. The molecular formula is C24H28BrFN2O6S. The average Bonchev–Trinajstić information content (AvgIpc) is 2.78. The lowest BCUT2D eigenvalue weighted by Gasteiger charge is -2.27. The third kappa shape index (κ3) is 6.72. The molecule has 1 atom stereocenters. The summed E-state index contributed by atoms with van der Waals surface area (Å²) in [4.78, 5) is 26.8. The Labute approximate surface area is 212 Å². The van der Waals surface area contributed by atoms with E-state index in [0.717, 1.165) is 6.07 Å². The van der Waals surface area contributed by atoms with Gasteiger partial charge in [-0.05, 0) is 80.4 Å². The number of nitrogens with zero attached hydrogens (tertiary/aromatic N) is 1. The number of sulfone groups is 1. The van der Waals surface area contributed by atoms with Crippen molar-refractivity contribution >= 4 is 43.5 Å². The van der Waals surface area contributed by atoms with Crippen LogP contribution in [0.5, 0.6) is 5.75 Å². The fourth-order valence-electron chi connectivity index (χ4n) is 3.51. The Morgan fingerprint density at radius 3 is 2.43 bits per heavy atom. The van der Waals surface area contributed by atoms with Crippen LogP contribution in [-0.4, -0.2) is 43.9 Å². The summed E-state index contributed by atoms with van der Waals surface area (Å²) in [7, 11) is -4.15. The van der Waals surface area contributed by atoms with Crippen LogP contribution in [0.4, 0.5) is 14.9 Å². The highest BCUT2D eigenvalue weighted by Gasteiger charge is 2.40. The molecule has 0 bridgehead atoms. The molecule has 2 amide bonds. The van der Waals surface area contributed by atoms with Crippen LogP contribution in [0.3, 0.4) is 0 Å². The minimum Gasteiger partial charge on any atom is -0.491 e. The Balaban J connectivity index is 2.03. The van der Waals surface area contributed by atoms with E-state index in [4.69, 9.17) is 9.47 Å². The maximum atomic E-state index is 14.4. The van der Waals surface area contributed by atoms with Crippen molar-refractivity contribution in [1.82, 2.24) is 5.32 Å². The maximum Gasteiger partial charge on any atom is 0.408 e. The van der Waals surface area contributed by atoms with Gasteiger partial charge in [0.1, 0.15) is 23.2 Å². The molecule has 190 valence electrons. The second-order valence-corrected chi connectivity index (χ2v) is 12.3. The Morgan fingerprint density at radius 1 is 1.23 bits per heavy atom. The van der Waals surface area contributed by atoms with E-state index in [1.807, 2.05) is 13.8 Å². The number of fused-ring (bicyclic) bond motifs is 1. The van der Waals surface area contributed by atoms with Gasteiger partial charge in [0, 0.05) is 0 Å². The Bertz CT molecular complexity index is 1230. The molecule has 0 spiro atoms. The first kappa shape index (κ1) is 26.9. The van der Waals surface area contributed by atoms with Crippen LogP contribution in [-0.2, 0) is 25.9 Å². The summed E-state index contributed by atoms with van der Waals surface area (Å²) >= 11 is 3.08. The molecule has 0 saturated carbocycles. The SMILES string of the molecule is CC(C)Oc1ccc(CN2C(=O)[C@@H](NC(=O)OC(C)(C)C)CS(=O)(=O)c3cc(F)c(Br)cc32)cc1. The van der Waals surface area contributed by atoms with Crippen molar-refractivity contribution in [3.8, 4) is 5.75 Å². The molecule has 2 aromatic rings. The van der Waals surface area contributed by atoms with Crippen molar-refractivity contribution in [3.63, 3.8) is 0 Å². The van der Waals surface area contributed by atoms with Crippen molar-refractivity contribution in [2.45, 2.75) is 63.8 Å². The number of benzene rings is 2. The van der Waals surface area contributed by atoms with Crippen LogP contribution >= 0.6 is 15.9 Å². The number of nitrogens with one attached hydrogen (secondary N) is 1. The molecule has 2 aromatic carbocycles. The van der Waals surface area contributed by atoms with E-state index in [-0.39, 0.29) is 27.7 Å². The van der Waals surface area contributed by atoms with Crippen molar-refractivity contribution in [2.24, 2.45) is 0 Å². The van der Waals surface area contributed by atoms with Gasteiger partial charge in [0.15, 0.2) is 9.84 Å². The van der Waals surface area contributed by atoms with Gasteiger partial charge >= 0.3 is 6.09 Å². The van der Waals surface area contributed by atoms with Crippen molar-refractivity contribution in [1.29, 1.82) is 0 Å². The molecule has 3 rings (SSSR count). The number of carbonyl (C=O) groups is 2. The molecule has 8 nitrogen and oxygen atoms in total. The van der Waals surface area contributed by atoms with Crippen molar-refractivity contribution in [2.75, 3.05) is 10.7 Å². The molecular weight excluding hydrogens is 543 g/mol. The zero-order chi connectivity index (χ0) is 26.1. The topological polar surface area (TPSA) is 102 Å². The second-order valence-electron chi connectivity index (χ2n) is 9.45. The lowest BCUT2D eigenvalue weighted by Crippen LogP contribution is -2.51. The normalized spacial score (nSPS) is 17.5. The van der Waals surface area contributed by atoms with Crippen LogP contribution in [0.2, 0.25) is 0 Å². The first-order valence-corrected chi connectivity index (χ1v) is 13.4. The van der Waals surface area contributed by atoms with Gasteiger partial charge in [-0.3, -0.25) is 4.79 Å². The summed E-state index contributed by atoms with van der Waals surface area (Å²) in [6, 6.07) is 7.68. The maximum absolute atomic E-state index is 14.4. The van der Waals surface area contributed by atoms with E-state index in [2.05, 4.69) is 21.2 Å². The van der Waals surface area contributed by atoms with Gasteiger partial charge in [0.25, 0.3) is 5.91 Å². The smallest absolute Gasteiger partial charge is 0.408 e. The summed E-state index contributed by atoms with van der Waals surface area (Å²) in [5, 5.41) is 2.37. The summed E-state index contributed by atoms with van der Waals surface area (Å²) in [6.07, 6.45) is -0.948. The minimum atomic E-state index is -4.15. The number of ether oxygens (including phenoxy) is 2. The number of hydrogen-bond donors (Lipinski definition) is 1. The molecule has 0 saturated heterocycles. The number of amides is 2. The summed E-state index contributed by atoms with van der Waals surface area (Å²) in [5.74, 6) is -1.55. The molecule has 1 heterocycles. The van der Waals surface area contributed by atoms with Crippen LogP contribution in [0.25, 0.3) is 0 Å². The highest BCUT2D eigenvalue weighted by Crippen LogP contribution is 2.36. The number of carbonyl (C=O) groups excluding carboxylic acids is 2. The number of hydrogen-bond acceptors (Lipinski definition) is 6. The standard InChI is InChI=1S/C24H28BrFN2O6S/c1-14(2)33-16-8-6-15(7-9-16)12-28-20-10-17(25)18(26)11-21(20)35(31,32)13-19(22(28)29)27-23(30)34-24(3,4)5/h6-11,14,19H,12-13H2,1-5H3,(H,27,30)/t19-/m0/s1. The van der Waals surface area contributed by atoms with Gasteiger partial charge in [-0.1, -0.05) is 12.1 Å². The molecule has 1 aliphatic rings. The van der Waals surface area contributed by atoms with Gasteiger partial charge in [-0.2, -0.15) is 0 Å². The molecule has 35 heavy (non-hydrogen) atoms. The van der Waals surface area contributed by atoms with E-state index in [0.29, 0.717) is 11.3 Å². The molecule has 11 heteroatoms. The third-order valence-electron chi connectivity index (χ3n) is 4.90. The van der Waals surface area contributed by atoms with Gasteiger partial charge in [-0.15, -0.1) is 0 Å². The zero-order valence-corrected chi connectivity index (χ0v) is 22.5. The molecule has 1 N–H and O–H groups in total. The second kappa shape index (κ2) is 10.1. The largest absolute Gasteiger partial charge is 0.491 e. The Hall–Kier alpha value is -2.66. The fraction of sp³-hybridized carbons (Fsp3) is 0.417. The number of halogens is 2. The van der Waals surface area contributed by atoms with Crippen LogP contribution in [0.1, 0.15) is 40.2 Å². The van der Waals surface area contributed by atoms with E-state index in [9.17, 15) is 22.4 Å². The minimum absolute atomic E-state index is 0.00322. The van der Waals surface area contributed by atoms with Crippen LogP contribution < -0.4 is 15.0 Å². The van der Waals surface area contributed by atoms with E-state index >= 15 is 0 Å². The van der Waals surface area contributed by atoms with Crippen molar-refractivity contribution in [3.05, 3.63) is 52.3 Å². The first-order valence-electron chi connectivity index (χ1n) is 10.9.